The molecule has 0 saturated heterocycles. The van der Waals surface area contributed by atoms with Gasteiger partial charge in [-0.15, -0.1) is 0 Å². The van der Waals surface area contributed by atoms with E-state index in [-0.39, 0.29) is 15.8 Å². The molecule has 1 aromatic heterocycles. The minimum Gasteiger partial charge on any atom is -0.279 e. The summed E-state index contributed by atoms with van der Waals surface area (Å²) in [6.45, 7) is 0. The molecular formula is C15H10FIN2O2S. The van der Waals surface area contributed by atoms with Gasteiger partial charge in [-0.1, -0.05) is 12.1 Å². The molecule has 0 unspecified atom stereocenters. The van der Waals surface area contributed by atoms with Crippen molar-refractivity contribution in [3.05, 3.63) is 64.1 Å². The van der Waals surface area contributed by atoms with Crippen molar-refractivity contribution < 1.29 is 12.8 Å². The smallest absolute Gasteiger partial charge is 0.262 e. The molecule has 0 spiro atoms. The van der Waals surface area contributed by atoms with E-state index in [1.165, 1.54) is 18.3 Å². The normalized spacial score (nSPS) is 11.5. The Kier molecular flexibility index (Phi) is 4.00. The highest BCUT2D eigenvalue weighted by Gasteiger charge is 2.20. The van der Waals surface area contributed by atoms with Gasteiger partial charge in [0.05, 0.1) is 10.6 Å². The van der Waals surface area contributed by atoms with E-state index < -0.39 is 15.8 Å². The molecule has 1 N–H and O–H groups in total. The zero-order valence-electron chi connectivity index (χ0n) is 11.1. The van der Waals surface area contributed by atoms with E-state index >= 15 is 0 Å². The molecule has 0 atom stereocenters. The van der Waals surface area contributed by atoms with Gasteiger partial charge in [-0.3, -0.25) is 9.71 Å². The third-order valence-corrected chi connectivity index (χ3v) is 5.45. The molecule has 22 heavy (non-hydrogen) atoms. The molecule has 0 radical (unpaired) electrons. The van der Waals surface area contributed by atoms with Crippen molar-refractivity contribution in [3.63, 3.8) is 0 Å². The Balaban J connectivity index is 2.14. The maximum Gasteiger partial charge on any atom is 0.262 e. The summed E-state index contributed by atoms with van der Waals surface area (Å²) in [4.78, 5) is 3.91. The lowest BCUT2D eigenvalue weighted by molar-refractivity contribution is 0.601. The van der Waals surface area contributed by atoms with Crippen molar-refractivity contribution in [3.8, 4) is 0 Å². The Morgan fingerprint density at radius 2 is 1.82 bits per heavy atom. The van der Waals surface area contributed by atoms with Crippen LogP contribution in [0.3, 0.4) is 0 Å². The van der Waals surface area contributed by atoms with E-state index in [2.05, 4.69) is 9.71 Å². The number of halogens is 2. The lowest BCUT2D eigenvalue weighted by Gasteiger charge is -2.11. The number of fused-ring (bicyclic) bond motifs is 1. The summed E-state index contributed by atoms with van der Waals surface area (Å²) in [6, 6.07) is 12.5. The summed E-state index contributed by atoms with van der Waals surface area (Å²) in [5.41, 5.74) is 0.512. The second-order valence-electron chi connectivity index (χ2n) is 4.53. The highest BCUT2D eigenvalue weighted by atomic mass is 127. The maximum absolute atomic E-state index is 13.8. The van der Waals surface area contributed by atoms with Crippen molar-refractivity contribution >= 4 is 49.2 Å². The number of benzene rings is 2. The van der Waals surface area contributed by atoms with Gasteiger partial charge < -0.3 is 0 Å². The number of sulfonamides is 1. The Morgan fingerprint density at radius 1 is 1.05 bits per heavy atom. The number of anilines is 1. The van der Waals surface area contributed by atoms with Crippen molar-refractivity contribution in [2.75, 3.05) is 4.72 Å². The SMILES string of the molecule is O=S(=O)(Nc1ccccc1I)c1ccc(F)c2ncccc12. The summed E-state index contributed by atoms with van der Waals surface area (Å²) < 4.78 is 42.3. The van der Waals surface area contributed by atoms with Crippen LogP contribution in [0.5, 0.6) is 0 Å². The molecule has 112 valence electrons. The summed E-state index contributed by atoms with van der Waals surface area (Å²) in [6.07, 6.45) is 1.43. The van der Waals surface area contributed by atoms with E-state index in [4.69, 9.17) is 0 Å². The molecular weight excluding hydrogens is 418 g/mol. The number of para-hydroxylation sites is 1. The molecule has 4 nitrogen and oxygen atoms in total. The molecule has 1 heterocycles. The lowest BCUT2D eigenvalue weighted by Crippen LogP contribution is -2.14. The van der Waals surface area contributed by atoms with Crippen LogP contribution in [-0.2, 0) is 10.0 Å². The van der Waals surface area contributed by atoms with Gasteiger partial charge in [0.1, 0.15) is 11.3 Å². The van der Waals surface area contributed by atoms with Gasteiger partial charge in [-0.05, 0) is 59.0 Å². The number of nitrogens with one attached hydrogen (secondary N) is 1. The largest absolute Gasteiger partial charge is 0.279 e. The van der Waals surface area contributed by atoms with Gasteiger partial charge in [0, 0.05) is 15.2 Å². The molecule has 2 aromatic carbocycles. The number of rotatable bonds is 3. The standard InChI is InChI=1S/C15H10FIN2O2S/c16-11-7-8-14(10-4-3-9-18-15(10)11)22(20,21)19-13-6-2-1-5-12(13)17/h1-9,19H. The summed E-state index contributed by atoms with van der Waals surface area (Å²) in [5, 5.41) is 0.251. The van der Waals surface area contributed by atoms with E-state index in [9.17, 15) is 12.8 Å². The van der Waals surface area contributed by atoms with Crippen LogP contribution in [0.2, 0.25) is 0 Å². The molecule has 0 aliphatic rings. The Bertz CT molecular complexity index is 961. The third-order valence-electron chi connectivity index (χ3n) is 3.09. The average Bonchev–Trinajstić information content (AvgIpc) is 2.50. The van der Waals surface area contributed by atoms with Gasteiger partial charge >= 0.3 is 0 Å². The second kappa shape index (κ2) is 5.81. The topological polar surface area (TPSA) is 59.1 Å². The van der Waals surface area contributed by atoms with Gasteiger partial charge in [-0.2, -0.15) is 0 Å². The first-order chi connectivity index (χ1) is 10.5. The number of hydrogen-bond donors (Lipinski definition) is 1. The molecule has 0 amide bonds. The first-order valence-electron chi connectivity index (χ1n) is 6.29. The third kappa shape index (κ3) is 2.78. The average molecular weight is 428 g/mol. The van der Waals surface area contributed by atoms with Crippen LogP contribution in [0.4, 0.5) is 10.1 Å². The molecule has 3 aromatic rings. The first-order valence-corrected chi connectivity index (χ1v) is 8.86. The van der Waals surface area contributed by atoms with Crippen LogP contribution >= 0.6 is 22.6 Å². The minimum atomic E-state index is -3.84. The molecule has 0 fully saturated rings. The van der Waals surface area contributed by atoms with Crippen LogP contribution in [0.1, 0.15) is 0 Å². The Hall–Kier alpha value is -1.74. The van der Waals surface area contributed by atoms with Gasteiger partial charge in [0.2, 0.25) is 0 Å². The van der Waals surface area contributed by atoms with Crippen LogP contribution in [0, 0.1) is 9.39 Å². The quantitative estimate of drug-likeness (QED) is 0.647. The first kappa shape index (κ1) is 15.2. The van der Waals surface area contributed by atoms with Gasteiger partial charge in [-0.25, -0.2) is 12.8 Å². The van der Waals surface area contributed by atoms with E-state index in [0.29, 0.717) is 5.69 Å². The van der Waals surface area contributed by atoms with E-state index in [1.807, 2.05) is 28.7 Å². The molecule has 0 aliphatic heterocycles. The fraction of sp³-hybridized carbons (Fsp3) is 0. The highest BCUT2D eigenvalue weighted by Crippen LogP contribution is 2.27. The summed E-state index contributed by atoms with van der Waals surface area (Å²) in [5.74, 6) is -0.552. The molecule has 0 saturated carbocycles. The lowest BCUT2D eigenvalue weighted by atomic mass is 10.2. The second-order valence-corrected chi connectivity index (χ2v) is 7.34. The number of nitrogens with zero attached hydrogens (tertiary/aromatic N) is 1. The van der Waals surface area contributed by atoms with Gasteiger partial charge in [0.25, 0.3) is 10.0 Å². The highest BCUT2D eigenvalue weighted by molar-refractivity contribution is 14.1. The predicted molar refractivity (Wildman–Crippen MR) is 91.7 cm³/mol. The number of hydrogen-bond acceptors (Lipinski definition) is 3. The fourth-order valence-electron chi connectivity index (χ4n) is 2.09. The van der Waals surface area contributed by atoms with Crippen LogP contribution in [0.15, 0.2) is 59.6 Å². The predicted octanol–water partition coefficient (Wildman–Crippen LogP) is 3.78. The van der Waals surface area contributed by atoms with Crippen molar-refractivity contribution in [2.24, 2.45) is 0 Å². The fourth-order valence-corrected chi connectivity index (χ4v) is 4.07. The van der Waals surface area contributed by atoms with E-state index in [1.54, 1.807) is 24.3 Å². The maximum atomic E-state index is 13.8. The molecule has 7 heteroatoms. The minimum absolute atomic E-state index is 0.00310. The van der Waals surface area contributed by atoms with Crippen LogP contribution < -0.4 is 4.72 Å². The van der Waals surface area contributed by atoms with Crippen molar-refractivity contribution in [2.45, 2.75) is 4.90 Å². The summed E-state index contributed by atoms with van der Waals surface area (Å²) in [7, 11) is -3.84. The van der Waals surface area contributed by atoms with Crippen molar-refractivity contribution in [1.29, 1.82) is 0 Å². The number of aromatic nitrogens is 1. The van der Waals surface area contributed by atoms with E-state index in [0.717, 1.165) is 9.64 Å². The Labute approximate surface area is 140 Å². The van der Waals surface area contributed by atoms with Gasteiger partial charge in [0.15, 0.2) is 0 Å². The zero-order valence-corrected chi connectivity index (χ0v) is 14.1. The number of pyridine rings is 1. The zero-order chi connectivity index (χ0) is 15.7. The Morgan fingerprint density at radius 3 is 2.59 bits per heavy atom. The summed E-state index contributed by atoms with van der Waals surface area (Å²) >= 11 is 2.04. The molecule has 0 aliphatic carbocycles. The molecule has 3 rings (SSSR count). The molecule has 0 bridgehead atoms. The van der Waals surface area contributed by atoms with Crippen LogP contribution in [0.25, 0.3) is 10.9 Å². The van der Waals surface area contributed by atoms with Crippen molar-refractivity contribution in [1.82, 2.24) is 4.98 Å². The van der Waals surface area contributed by atoms with Crippen LogP contribution in [-0.4, -0.2) is 13.4 Å². The monoisotopic (exact) mass is 428 g/mol.